The van der Waals surface area contributed by atoms with Crippen LogP contribution < -0.4 is 0 Å². The van der Waals surface area contributed by atoms with Crippen molar-refractivity contribution in [3.8, 4) is 6.07 Å². The average Bonchev–Trinajstić information content (AvgIpc) is 2.67. The predicted octanol–water partition coefficient (Wildman–Crippen LogP) is 6.95. The lowest BCUT2D eigenvalue weighted by Crippen LogP contribution is -2.30. The van der Waals surface area contributed by atoms with Crippen molar-refractivity contribution in [2.45, 2.75) is 64.2 Å². The molecule has 0 radical (unpaired) electrons. The molecule has 0 spiro atoms. The average molecular weight is 349 g/mol. The minimum absolute atomic E-state index is 0.177. The first-order valence-corrected chi connectivity index (χ1v) is 10.3. The van der Waals surface area contributed by atoms with E-state index < -0.39 is 0 Å². The van der Waals surface area contributed by atoms with Crippen LogP contribution in [0.15, 0.2) is 30.3 Å². The van der Waals surface area contributed by atoms with Gasteiger partial charge in [-0.25, -0.2) is 4.39 Å². The van der Waals surface area contributed by atoms with Gasteiger partial charge < -0.3 is 0 Å². The largest absolute Gasteiger partial charge is 0.206 e. The minimum Gasteiger partial charge on any atom is -0.206 e. The van der Waals surface area contributed by atoms with Crippen molar-refractivity contribution < 1.29 is 4.39 Å². The van der Waals surface area contributed by atoms with E-state index in [1.807, 2.05) is 6.07 Å². The maximum absolute atomic E-state index is 14.7. The van der Waals surface area contributed by atoms with Gasteiger partial charge in [-0.1, -0.05) is 38.3 Å². The summed E-state index contributed by atoms with van der Waals surface area (Å²) in [5.74, 6) is 3.00. The molecule has 2 aliphatic carbocycles. The molecule has 2 aliphatic rings. The molecule has 0 N–H and O–H groups in total. The number of rotatable bonds is 3. The second-order valence-electron chi connectivity index (χ2n) is 8.55. The van der Waals surface area contributed by atoms with Gasteiger partial charge in [-0.3, -0.25) is 0 Å². The molecule has 2 aromatic carbocycles. The summed E-state index contributed by atoms with van der Waals surface area (Å²) < 4.78 is 14.7. The third kappa shape index (κ3) is 3.37. The molecule has 136 valence electrons. The predicted molar refractivity (Wildman–Crippen MR) is 104 cm³/mol. The molecule has 4 rings (SSSR count). The van der Waals surface area contributed by atoms with Crippen LogP contribution in [0.2, 0.25) is 0 Å². The molecule has 0 aromatic heterocycles. The van der Waals surface area contributed by atoms with Crippen molar-refractivity contribution in [1.82, 2.24) is 0 Å². The third-order valence-electron chi connectivity index (χ3n) is 6.95. The van der Waals surface area contributed by atoms with Gasteiger partial charge in [-0.05, 0) is 84.9 Å². The van der Waals surface area contributed by atoms with Crippen molar-refractivity contribution in [1.29, 1.82) is 5.26 Å². The molecule has 26 heavy (non-hydrogen) atoms. The highest BCUT2D eigenvalue weighted by atomic mass is 19.1. The summed E-state index contributed by atoms with van der Waals surface area (Å²) >= 11 is 0. The molecule has 0 saturated heterocycles. The summed E-state index contributed by atoms with van der Waals surface area (Å²) in [6.07, 6.45) is 10.6. The third-order valence-corrected chi connectivity index (χ3v) is 6.95. The normalized spacial score (nSPS) is 28.5. The zero-order valence-corrected chi connectivity index (χ0v) is 15.7. The van der Waals surface area contributed by atoms with Gasteiger partial charge in [0.1, 0.15) is 5.82 Å². The van der Waals surface area contributed by atoms with Crippen LogP contribution in [0.5, 0.6) is 0 Å². The summed E-state index contributed by atoms with van der Waals surface area (Å²) in [6.45, 7) is 2.30. The van der Waals surface area contributed by atoms with Gasteiger partial charge >= 0.3 is 0 Å². The first-order chi connectivity index (χ1) is 12.7. The summed E-state index contributed by atoms with van der Waals surface area (Å²) in [5, 5.41) is 10.5. The maximum atomic E-state index is 14.7. The highest BCUT2D eigenvalue weighted by Crippen LogP contribution is 2.48. The fourth-order valence-corrected chi connectivity index (χ4v) is 5.60. The summed E-state index contributed by atoms with van der Waals surface area (Å²) in [5.41, 5.74) is 1.68. The Morgan fingerprint density at radius 2 is 1.85 bits per heavy atom. The van der Waals surface area contributed by atoms with Crippen molar-refractivity contribution in [3.05, 3.63) is 47.3 Å². The number of halogens is 1. The van der Waals surface area contributed by atoms with E-state index in [4.69, 9.17) is 5.26 Å². The van der Waals surface area contributed by atoms with Gasteiger partial charge in [0.25, 0.3) is 0 Å². The molecule has 0 amide bonds. The standard InChI is InChI=1S/C24H28FN/c1-2-3-16-4-6-19-12-20(9-8-18(19)10-16)22-13-21-7-5-17(15-26)11-23(21)24(25)14-22/h5,7,11,13-14,16,18-20H,2-4,6,8-10,12H2,1H3/t16-,18?,19-,20?/m1/s1. The van der Waals surface area contributed by atoms with Crippen LogP contribution in [-0.4, -0.2) is 0 Å². The van der Waals surface area contributed by atoms with E-state index in [0.717, 1.165) is 28.7 Å². The zero-order valence-electron chi connectivity index (χ0n) is 15.7. The fraction of sp³-hybridized carbons (Fsp3) is 0.542. The zero-order chi connectivity index (χ0) is 18.1. The van der Waals surface area contributed by atoms with E-state index in [2.05, 4.69) is 19.1 Å². The Morgan fingerprint density at radius 1 is 1.04 bits per heavy atom. The lowest BCUT2D eigenvalue weighted by molar-refractivity contribution is 0.114. The van der Waals surface area contributed by atoms with E-state index in [-0.39, 0.29) is 5.82 Å². The number of hydrogen-bond donors (Lipinski definition) is 0. The van der Waals surface area contributed by atoms with Gasteiger partial charge in [-0.2, -0.15) is 5.26 Å². The molecule has 2 fully saturated rings. The Bertz CT molecular complexity index is 834. The number of hydrogen-bond acceptors (Lipinski definition) is 1. The van der Waals surface area contributed by atoms with Crippen molar-refractivity contribution >= 4 is 10.8 Å². The van der Waals surface area contributed by atoms with Gasteiger partial charge in [0, 0.05) is 5.39 Å². The number of benzene rings is 2. The highest BCUT2D eigenvalue weighted by Gasteiger charge is 2.35. The summed E-state index contributed by atoms with van der Waals surface area (Å²) in [6, 6.07) is 11.3. The van der Waals surface area contributed by atoms with Crippen LogP contribution in [-0.2, 0) is 0 Å². The minimum atomic E-state index is -0.177. The molecular formula is C24H28FN. The van der Waals surface area contributed by atoms with Crippen molar-refractivity contribution in [2.75, 3.05) is 0 Å². The van der Waals surface area contributed by atoms with E-state index in [1.54, 1.807) is 18.2 Å². The Hall–Kier alpha value is -1.88. The molecule has 2 saturated carbocycles. The molecule has 1 nitrogen and oxygen atoms in total. The van der Waals surface area contributed by atoms with Crippen LogP contribution in [0.3, 0.4) is 0 Å². The van der Waals surface area contributed by atoms with Gasteiger partial charge in [-0.15, -0.1) is 0 Å². The van der Waals surface area contributed by atoms with Gasteiger partial charge in [0.05, 0.1) is 11.6 Å². The smallest absolute Gasteiger partial charge is 0.131 e. The maximum Gasteiger partial charge on any atom is 0.131 e. The van der Waals surface area contributed by atoms with E-state index in [0.29, 0.717) is 16.9 Å². The number of nitrogens with zero attached hydrogens (tertiary/aromatic N) is 1. The molecule has 4 atom stereocenters. The van der Waals surface area contributed by atoms with Crippen LogP contribution in [0.1, 0.15) is 75.3 Å². The summed E-state index contributed by atoms with van der Waals surface area (Å²) in [4.78, 5) is 0. The second kappa shape index (κ2) is 7.39. The second-order valence-corrected chi connectivity index (χ2v) is 8.55. The monoisotopic (exact) mass is 349 g/mol. The van der Waals surface area contributed by atoms with Gasteiger partial charge in [0.15, 0.2) is 0 Å². The van der Waals surface area contributed by atoms with Crippen LogP contribution >= 0.6 is 0 Å². The molecule has 0 aliphatic heterocycles. The van der Waals surface area contributed by atoms with Crippen molar-refractivity contribution in [3.63, 3.8) is 0 Å². The molecule has 0 heterocycles. The van der Waals surface area contributed by atoms with E-state index in [1.165, 1.54) is 51.4 Å². The van der Waals surface area contributed by atoms with Gasteiger partial charge in [0.2, 0.25) is 0 Å². The number of nitriles is 1. The first kappa shape index (κ1) is 17.5. The highest BCUT2D eigenvalue weighted by molar-refractivity contribution is 5.85. The van der Waals surface area contributed by atoms with Crippen LogP contribution in [0, 0.1) is 34.9 Å². The Morgan fingerprint density at radius 3 is 2.65 bits per heavy atom. The molecule has 2 aromatic rings. The summed E-state index contributed by atoms with van der Waals surface area (Å²) in [7, 11) is 0. The number of fused-ring (bicyclic) bond motifs is 2. The molecule has 2 heteroatoms. The Labute approximate surface area is 156 Å². The van der Waals surface area contributed by atoms with E-state index >= 15 is 0 Å². The lowest BCUT2D eigenvalue weighted by Gasteiger charge is -2.42. The molecule has 0 bridgehead atoms. The van der Waals surface area contributed by atoms with E-state index in [9.17, 15) is 4.39 Å². The first-order valence-electron chi connectivity index (χ1n) is 10.3. The lowest BCUT2D eigenvalue weighted by atomic mass is 9.63. The molecular weight excluding hydrogens is 321 g/mol. The Kier molecular flexibility index (Phi) is 4.98. The molecule has 2 unspecified atom stereocenters. The SMILES string of the molecule is CCC[C@@H]1CC[C@@H]2CC(c3cc(F)c4cc(C#N)ccc4c3)CCC2C1. The quantitative estimate of drug-likeness (QED) is 0.588. The fourth-order valence-electron chi connectivity index (χ4n) is 5.60. The Balaban J connectivity index is 1.53. The van der Waals surface area contributed by atoms with Crippen molar-refractivity contribution in [2.24, 2.45) is 17.8 Å². The van der Waals surface area contributed by atoms with Crippen LogP contribution in [0.25, 0.3) is 10.8 Å². The topological polar surface area (TPSA) is 23.8 Å². The van der Waals surface area contributed by atoms with Crippen LogP contribution in [0.4, 0.5) is 4.39 Å².